The molecule has 3 heteroatoms. The van der Waals surface area contributed by atoms with Crippen LogP contribution in [0.15, 0.2) is 41.8 Å². The van der Waals surface area contributed by atoms with Gasteiger partial charge in [0, 0.05) is 6.54 Å². The normalized spacial score (nSPS) is 19.1. The van der Waals surface area contributed by atoms with Gasteiger partial charge in [0.2, 0.25) is 0 Å². The van der Waals surface area contributed by atoms with Crippen LogP contribution in [-0.4, -0.2) is 17.8 Å². The van der Waals surface area contributed by atoms with E-state index in [-0.39, 0.29) is 0 Å². The summed E-state index contributed by atoms with van der Waals surface area (Å²) in [6.07, 6.45) is 12.3. The average molecular weight is 247 g/mol. The molecule has 0 fully saturated rings. The van der Waals surface area contributed by atoms with Gasteiger partial charge in [-0.1, -0.05) is 39.5 Å². The maximum absolute atomic E-state index is 4.24. The minimum atomic E-state index is 0.587. The van der Waals surface area contributed by atoms with Gasteiger partial charge in [0.25, 0.3) is 0 Å². The van der Waals surface area contributed by atoms with Gasteiger partial charge < -0.3 is 4.90 Å². The highest BCUT2D eigenvalue weighted by atomic mass is 15.3. The quantitative estimate of drug-likeness (QED) is 0.423. The summed E-state index contributed by atoms with van der Waals surface area (Å²) in [5.41, 5.74) is 4.13. The largest absolute Gasteiger partial charge is 0.338 e. The third-order valence-corrected chi connectivity index (χ3v) is 2.87. The molecule has 0 radical (unpaired) electrons. The van der Waals surface area contributed by atoms with Crippen LogP contribution >= 0.6 is 0 Å². The van der Waals surface area contributed by atoms with Crippen molar-refractivity contribution < 1.29 is 0 Å². The third-order valence-electron chi connectivity index (χ3n) is 2.87. The lowest BCUT2D eigenvalue weighted by Gasteiger charge is -2.16. The summed E-state index contributed by atoms with van der Waals surface area (Å²) >= 11 is 0. The Kier molecular flexibility index (Phi) is 6.26. The first kappa shape index (κ1) is 14.6. The predicted octanol–water partition coefficient (Wildman–Crippen LogP) is 3.49. The Morgan fingerprint density at radius 1 is 1.61 bits per heavy atom. The second-order valence-electron chi connectivity index (χ2n) is 5.20. The molecule has 3 nitrogen and oxygen atoms in total. The summed E-state index contributed by atoms with van der Waals surface area (Å²) < 4.78 is 0. The van der Waals surface area contributed by atoms with Crippen LogP contribution in [-0.2, 0) is 0 Å². The molecule has 0 spiro atoms. The van der Waals surface area contributed by atoms with Gasteiger partial charge in [-0.05, 0) is 37.0 Å². The van der Waals surface area contributed by atoms with Crippen molar-refractivity contribution in [3.05, 3.63) is 36.7 Å². The molecule has 0 aromatic carbocycles. The van der Waals surface area contributed by atoms with E-state index in [0.29, 0.717) is 11.8 Å². The van der Waals surface area contributed by atoms with Crippen LogP contribution in [0.1, 0.15) is 33.6 Å². The fraction of sp³-hybridized carbons (Fsp3) is 0.533. The number of hydrazone groups is 1. The Morgan fingerprint density at radius 2 is 2.39 bits per heavy atom. The van der Waals surface area contributed by atoms with Crippen molar-refractivity contribution in [1.29, 1.82) is 0 Å². The van der Waals surface area contributed by atoms with Crippen molar-refractivity contribution in [2.24, 2.45) is 16.9 Å². The van der Waals surface area contributed by atoms with E-state index in [0.717, 1.165) is 25.1 Å². The fourth-order valence-corrected chi connectivity index (χ4v) is 1.70. The van der Waals surface area contributed by atoms with Gasteiger partial charge in [-0.3, -0.25) is 5.43 Å². The summed E-state index contributed by atoms with van der Waals surface area (Å²) in [5, 5.41) is 4.24. The molecule has 0 saturated heterocycles. The molecule has 1 atom stereocenters. The molecule has 18 heavy (non-hydrogen) atoms. The van der Waals surface area contributed by atoms with E-state index in [1.807, 2.05) is 4.90 Å². The Labute approximate surface area is 111 Å². The first-order valence-electron chi connectivity index (χ1n) is 6.67. The lowest BCUT2D eigenvalue weighted by atomic mass is 10.0. The number of nitrogens with zero attached hydrogens (tertiary/aromatic N) is 2. The van der Waals surface area contributed by atoms with Crippen LogP contribution in [0.3, 0.4) is 0 Å². The van der Waals surface area contributed by atoms with Gasteiger partial charge in [-0.15, -0.1) is 0 Å². The molecule has 1 rings (SSSR count). The van der Waals surface area contributed by atoms with Gasteiger partial charge in [-0.25, -0.2) is 0 Å². The Balaban J connectivity index is 2.38. The fourth-order valence-electron chi connectivity index (χ4n) is 1.70. The molecule has 0 bridgehead atoms. The van der Waals surface area contributed by atoms with Crippen LogP contribution in [0.5, 0.6) is 0 Å². The standard InChI is InChI=1S/C15H25N3/c1-5-18(10-9-13(2)3)12-16-17-15-8-6-7-14(4)11-15/h5-6,8,11-14,17H,1,7,9-10H2,2-4H3/b16-12-. The third kappa shape index (κ3) is 5.71. The Hall–Kier alpha value is -1.51. The van der Waals surface area contributed by atoms with Crippen LogP contribution in [0, 0.1) is 11.8 Å². The molecular weight excluding hydrogens is 222 g/mol. The van der Waals surface area contributed by atoms with E-state index in [4.69, 9.17) is 0 Å². The van der Waals surface area contributed by atoms with Crippen LogP contribution < -0.4 is 5.43 Å². The monoisotopic (exact) mass is 247 g/mol. The molecule has 0 aromatic rings. The van der Waals surface area contributed by atoms with Gasteiger partial charge in [-0.2, -0.15) is 5.10 Å². The van der Waals surface area contributed by atoms with E-state index < -0.39 is 0 Å². The zero-order valence-electron chi connectivity index (χ0n) is 11.8. The molecule has 0 amide bonds. The average Bonchev–Trinajstić information content (AvgIpc) is 2.33. The smallest absolute Gasteiger partial charge is 0.115 e. The van der Waals surface area contributed by atoms with Crippen LogP contribution in [0.25, 0.3) is 0 Å². The summed E-state index contributed by atoms with van der Waals surface area (Å²) in [6.45, 7) is 11.4. The summed E-state index contributed by atoms with van der Waals surface area (Å²) in [6, 6.07) is 0. The minimum Gasteiger partial charge on any atom is -0.338 e. The number of hydrogen-bond donors (Lipinski definition) is 1. The second kappa shape index (κ2) is 7.75. The summed E-state index contributed by atoms with van der Waals surface area (Å²) in [4.78, 5) is 2.00. The predicted molar refractivity (Wildman–Crippen MR) is 79.0 cm³/mol. The number of rotatable bonds is 7. The number of allylic oxidation sites excluding steroid dienone is 3. The molecule has 0 heterocycles. The maximum atomic E-state index is 4.24. The highest BCUT2D eigenvalue weighted by molar-refractivity contribution is 5.56. The van der Waals surface area contributed by atoms with Crippen molar-refractivity contribution in [2.45, 2.75) is 33.6 Å². The molecule has 1 aliphatic carbocycles. The van der Waals surface area contributed by atoms with E-state index in [1.54, 1.807) is 12.5 Å². The van der Waals surface area contributed by atoms with E-state index in [2.05, 4.69) is 56.1 Å². The van der Waals surface area contributed by atoms with Gasteiger partial charge in [0.05, 0.1) is 5.70 Å². The van der Waals surface area contributed by atoms with Gasteiger partial charge in [0.15, 0.2) is 0 Å². The van der Waals surface area contributed by atoms with Crippen molar-refractivity contribution >= 4 is 6.34 Å². The maximum Gasteiger partial charge on any atom is 0.115 e. The SMILES string of the molecule is C=CN(/C=N\NC1=CC(C)CC=C1)CCC(C)C. The van der Waals surface area contributed by atoms with E-state index in [1.165, 1.54) is 0 Å². The van der Waals surface area contributed by atoms with Gasteiger partial charge in [0.1, 0.15) is 6.34 Å². The molecule has 0 aliphatic heterocycles. The zero-order chi connectivity index (χ0) is 13.4. The first-order valence-corrected chi connectivity index (χ1v) is 6.67. The lowest BCUT2D eigenvalue weighted by molar-refractivity contribution is 0.473. The molecule has 100 valence electrons. The molecule has 1 unspecified atom stereocenters. The van der Waals surface area contributed by atoms with E-state index in [9.17, 15) is 0 Å². The highest BCUT2D eigenvalue weighted by Gasteiger charge is 2.02. The topological polar surface area (TPSA) is 27.6 Å². The molecule has 0 aromatic heterocycles. The van der Waals surface area contributed by atoms with Crippen molar-refractivity contribution in [2.75, 3.05) is 6.54 Å². The molecule has 1 aliphatic rings. The first-order chi connectivity index (χ1) is 8.61. The molecule has 1 N–H and O–H groups in total. The van der Waals surface area contributed by atoms with Crippen molar-refractivity contribution in [1.82, 2.24) is 10.3 Å². The minimum absolute atomic E-state index is 0.587. The van der Waals surface area contributed by atoms with E-state index >= 15 is 0 Å². The van der Waals surface area contributed by atoms with Gasteiger partial charge >= 0.3 is 0 Å². The summed E-state index contributed by atoms with van der Waals surface area (Å²) in [7, 11) is 0. The second-order valence-corrected chi connectivity index (χ2v) is 5.20. The number of hydrogen-bond acceptors (Lipinski definition) is 2. The zero-order valence-corrected chi connectivity index (χ0v) is 11.8. The number of nitrogens with one attached hydrogen (secondary N) is 1. The lowest BCUT2D eigenvalue weighted by Crippen LogP contribution is -2.19. The van der Waals surface area contributed by atoms with Crippen LogP contribution in [0.2, 0.25) is 0 Å². The summed E-state index contributed by atoms with van der Waals surface area (Å²) in [5.74, 6) is 1.28. The Morgan fingerprint density at radius 3 is 3.00 bits per heavy atom. The molecular formula is C15H25N3. The highest BCUT2D eigenvalue weighted by Crippen LogP contribution is 2.13. The molecule has 0 saturated carbocycles. The van der Waals surface area contributed by atoms with Crippen molar-refractivity contribution in [3.63, 3.8) is 0 Å². The Bertz CT molecular complexity index is 340. The van der Waals surface area contributed by atoms with Crippen LogP contribution in [0.4, 0.5) is 0 Å². The van der Waals surface area contributed by atoms with Crippen molar-refractivity contribution in [3.8, 4) is 0 Å².